The summed E-state index contributed by atoms with van der Waals surface area (Å²) in [6.45, 7) is 3.66. The molecule has 1 unspecified atom stereocenters. The van der Waals surface area contributed by atoms with E-state index >= 15 is 0 Å². The molecule has 0 spiro atoms. The van der Waals surface area contributed by atoms with Gasteiger partial charge in [0.2, 0.25) is 10.0 Å². The third-order valence-corrected chi connectivity index (χ3v) is 5.58. The molecule has 1 N–H and O–H groups in total. The number of benzene rings is 2. The lowest BCUT2D eigenvalue weighted by Gasteiger charge is -2.23. The van der Waals surface area contributed by atoms with E-state index in [2.05, 4.69) is 0 Å². The number of alkyl halides is 3. The average Bonchev–Trinajstić information content (AvgIpc) is 2.50. The minimum Gasteiger partial charge on any atom is -0.488 e. The lowest BCUT2D eigenvalue weighted by Crippen LogP contribution is -2.49. The second-order valence-corrected chi connectivity index (χ2v) is 7.84. The first-order valence-electron chi connectivity index (χ1n) is 7.96. The van der Waals surface area contributed by atoms with Crippen LogP contribution < -0.4 is 9.46 Å². The molecule has 1 atom stereocenters. The highest BCUT2D eigenvalue weighted by Crippen LogP contribution is 2.27. The molecule has 0 aliphatic carbocycles. The summed E-state index contributed by atoms with van der Waals surface area (Å²) in [7, 11) is -4.48. The van der Waals surface area contributed by atoms with Gasteiger partial charge in [0.25, 0.3) is 0 Å². The Balaban J connectivity index is 2.29. The third-order valence-electron chi connectivity index (χ3n) is 3.81. The molecule has 0 aromatic heterocycles. The van der Waals surface area contributed by atoms with Crippen LogP contribution in [0.4, 0.5) is 17.6 Å². The number of sulfonamides is 1. The first-order chi connectivity index (χ1) is 12.4. The van der Waals surface area contributed by atoms with Crippen LogP contribution in [0.3, 0.4) is 0 Å². The van der Waals surface area contributed by atoms with E-state index in [0.29, 0.717) is 11.1 Å². The van der Waals surface area contributed by atoms with Crippen molar-refractivity contribution in [1.29, 1.82) is 0 Å². The molecule has 0 amide bonds. The van der Waals surface area contributed by atoms with Crippen molar-refractivity contribution < 1.29 is 30.7 Å². The molecule has 0 bridgehead atoms. The largest absolute Gasteiger partial charge is 0.488 e. The van der Waals surface area contributed by atoms with E-state index in [1.807, 2.05) is 0 Å². The monoisotopic (exact) mass is 405 g/mol. The lowest BCUT2D eigenvalue weighted by atomic mass is 10.1. The molecule has 2 aromatic carbocycles. The highest BCUT2D eigenvalue weighted by Gasteiger charge is 2.43. The Morgan fingerprint density at radius 2 is 1.63 bits per heavy atom. The van der Waals surface area contributed by atoms with Gasteiger partial charge in [0.05, 0.1) is 4.90 Å². The minimum absolute atomic E-state index is 0.215. The number of nitrogens with one attached hydrogen (secondary N) is 1. The zero-order chi connectivity index (χ0) is 20.4. The van der Waals surface area contributed by atoms with Gasteiger partial charge in [-0.25, -0.2) is 12.8 Å². The molecule has 0 aliphatic rings. The number of aryl methyl sites for hydroxylation is 3. The molecule has 0 fully saturated rings. The van der Waals surface area contributed by atoms with Gasteiger partial charge in [0.15, 0.2) is 17.6 Å². The molecular formula is C18H19F4NO3S. The van der Waals surface area contributed by atoms with E-state index in [1.165, 1.54) is 26.0 Å². The smallest absolute Gasteiger partial charge is 0.408 e. The summed E-state index contributed by atoms with van der Waals surface area (Å²) in [6, 6.07) is 5.54. The Morgan fingerprint density at radius 1 is 1.07 bits per heavy atom. The van der Waals surface area contributed by atoms with Crippen molar-refractivity contribution in [2.75, 3.05) is 6.61 Å². The SMILES string of the molecule is Cc1cc(C)c(S(=O)(=O)NC(COc2ccccc2F)C(F)(F)F)c(C)c1. The van der Waals surface area contributed by atoms with Crippen molar-refractivity contribution >= 4 is 10.0 Å². The van der Waals surface area contributed by atoms with Crippen molar-refractivity contribution in [3.8, 4) is 5.75 Å². The lowest BCUT2D eigenvalue weighted by molar-refractivity contribution is -0.157. The van der Waals surface area contributed by atoms with E-state index in [-0.39, 0.29) is 4.90 Å². The Bertz CT molecular complexity index is 903. The average molecular weight is 405 g/mol. The summed E-state index contributed by atoms with van der Waals surface area (Å²) in [5, 5.41) is 0. The maximum Gasteiger partial charge on any atom is 0.408 e. The summed E-state index contributed by atoms with van der Waals surface area (Å²) in [6.07, 6.45) is -4.93. The molecule has 9 heteroatoms. The highest BCUT2D eigenvalue weighted by atomic mass is 32.2. The summed E-state index contributed by atoms with van der Waals surface area (Å²) in [4.78, 5) is -0.215. The summed E-state index contributed by atoms with van der Waals surface area (Å²) < 4.78 is 85.2. The first-order valence-corrected chi connectivity index (χ1v) is 9.44. The fraction of sp³-hybridized carbons (Fsp3) is 0.333. The van der Waals surface area contributed by atoms with Crippen molar-refractivity contribution in [2.45, 2.75) is 37.9 Å². The van der Waals surface area contributed by atoms with Gasteiger partial charge >= 0.3 is 6.18 Å². The van der Waals surface area contributed by atoms with E-state index in [0.717, 1.165) is 17.7 Å². The summed E-state index contributed by atoms with van der Waals surface area (Å²) in [5.41, 5.74) is 1.45. The van der Waals surface area contributed by atoms with Crippen molar-refractivity contribution in [3.05, 3.63) is 58.9 Å². The molecule has 0 aliphatic heterocycles. The number of halogens is 4. The Hall–Kier alpha value is -2.13. The standard InChI is InChI=1S/C18H19F4NO3S/c1-11-8-12(2)17(13(3)9-11)27(24,25)23-16(18(20,21)22)10-26-15-7-5-4-6-14(15)19/h4-9,16,23H,10H2,1-3H3. The molecular weight excluding hydrogens is 386 g/mol. The molecule has 0 heterocycles. The zero-order valence-corrected chi connectivity index (χ0v) is 15.7. The molecule has 2 aromatic rings. The highest BCUT2D eigenvalue weighted by molar-refractivity contribution is 7.89. The summed E-state index contributed by atoms with van der Waals surface area (Å²) >= 11 is 0. The quantitative estimate of drug-likeness (QED) is 0.738. The predicted molar refractivity (Wildman–Crippen MR) is 92.7 cm³/mol. The van der Waals surface area contributed by atoms with E-state index in [9.17, 15) is 26.0 Å². The maximum atomic E-state index is 13.5. The van der Waals surface area contributed by atoms with Gasteiger partial charge in [-0.15, -0.1) is 0 Å². The fourth-order valence-electron chi connectivity index (χ4n) is 2.77. The van der Waals surface area contributed by atoms with Crippen molar-refractivity contribution in [3.63, 3.8) is 0 Å². The van der Waals surface area contributed by atoms with Crippen molar-refractivity contribution in [2.24, 2.45) is 0 Å². The van der Waals surface area contributed by atoms with Crippen LogP contribution in [0.1, 0.15) is 16.7 Å². The minimum atomic E-state index is -4.93. The van der Waals surface area contributed by atoms with Gasteiger partial charge in [-0.05, 0) is 44.0 Å². The van der Waals surface area contributed by atoms with Crippen LogP contribution >= 0.6 is 0 Å². The Kier molecular flexibility index (Phi) is 6.16. The van der Waals surface area contributed by atoms with Crippen LogP contribution in [-0.4, -0.2) is 27.2 Å². The van der Waals surface area contributed by atoms with Crippen LogP contribution in [0.25, 0.3) is 0 Å². The molecule has 2 rings (SSSR count). The number of hydrogen-bond donors (Lipinski definition) is 1. The predicted octanol–water partition coefficient (Wildman–Crippen LogP) is 4.04. The van der Waals surface area contributed by atoms with E-state index < -0.39 is 40.4 Å². The van der Waals surface area contributed by atoms with Crippen molar-refractivity contribution in [1.82, 2.24) is 4.72 Å². The second-order valence-electron chi connectivity index (χ2n) is 6.18. The van der Waals surface area contributed by atoms with Gasteiger partial charge in [0, 0.05) is 0 Å². The van der Waals surface area contributed by atoms with Crippen LogP contribution in [0.5, 0.6) is 5.75 Å². The normalized spacial score (nSPS) is 13.4. The number of hydrogen-bond acceptors (Lipinski definition) is 3. The first kappa shape index (κ1) is 21.2. The van der Waals surface area contributed by atoms with Gasteiger partial charge < -0.3 is 4.74 Å². The fourth-order valence-corrected chi connectivity index (χ4v) is 4.43. The second kappa shape index (κ2) is 7.85. The maximum absolute atomic E-state index is 13.5. The molecule has 0 radical (unpaired) electrons. The molecule has 27 heavy (non-hydrogen) atoms. The van der Waals surface area contributed by atoms with E-state index in [1.54, 1.807) is 23.8 Å². The van der Waals surface area contributed by atoms with Gasteiger partial charge in [-0.1, -0.05) is 29.8 Å². The Morgan fingerprint density at radius 3 is 2.15 bits per heavy atom. The third kappa shape index (κ3) is 5.20. The van der Waals surface area contributed by atoms with Gasteiger partial charge in [-0.3, -0.25) is 0 Å². The topological polar surface area (TPSA) is 55.4 Å². The van der Waals surface area contributed by atoms with Crippen LogP contribution in [0.2, 0.25) is 0 Å². The van der Waals surface area contributed by atoms with Crippen LogP contribution in [-0.2, 0) is 10.0 Å². The molecule has 0 saturated carbocycles. The van der Waals surface area contributed by atoms with Crippen LogP contribution in [0, 0.1) is 26.6 Å². The van der Waals surface area contributed by atoms with E-state index in [4.69, 9.17) is 4.74 Å². The number of rotatable bonds is 6. The molecule has 0 saturated heterocycles. The van der Waals surface area contributed by atoms with Gasteiger partial charge in [0.1, 0.15) is 6.61 Å². The molecule has 4 nitrogen and oxygen atoms in total. The zero-order valence-electron chi connectivity index (χ0n) is 14.9. The van der Waals surface area contributed by atoms with Gasteiger partial charge in [-0.2, -0.15) is 17.9 Å². The number of ether oxygens (including phenoxy) is 1. The number of para-hydroxylation sites is 1. The summed E-state index contributed by atoms with van der Waals surface area (Å²) in [5.74, 6) is -1.24. The Labute approximate surface area is 155 Å². The molecule has 148 valence electrons. The van der Waals surface area contributed by atoms with Crippen LogP contribution in [0.15, 0.2) is 41.3 Å².